The van der Waals surface area contributed by atoms with E-state index < -0.39 is 17.7 Å². The van der Waals surface area contributed by atoms with Crippen molar-refractivity contribution in [3.8, 4) is 28.4 Å². The number of hydrogen-bond donors (Lipinski definition) is 0. The monoisotopic (exact) mass is 436 g/mol. The average molecular weight is 436 g/mol. The van der Waals surface area contributed by atoms with Gasteiger partial charge in [0.05, 0.1) is 19.8 Å². The summed E-state index contributed by atoms with van der Waals surface area (Å²) in [5.74, 6) is 0.658. The van der Waals surface area contributed by atoms with Crippen LogP contribution < -0.4 is 14.2 Å². The van der Waals surface area contributed by atoms with Gasteiger partial charge in [-0.2, -0.15) is 0 Å². The highest BCUT2D eigenvalue weighted by Crippen LogP contribution is 2.47. The van der Waals surface area contributed by atoms with Gasteiger partial charge >= 0.3 is 12.1 Å². The van der Waals surface area contributed by atoms with Crippen LogP contribution in [0, 0.1) is 0 Å². The molecule has 3 aromatic carbocycles. The lowest BCUT2D eigenvalue weighted by atomic mass is 9.89. The predicted octanol–water partition coefficient (Wildman–Crippen LogP) is 5.51. The topological polar surface area (TPSA) is 80.3 Å². The van der Waals surface area contributed by atoms with Crippen molar-refractivity contribution in [2.24, 2.45) is 0 Å². The molecule has 1 aliphatic rings. The Hall–Kier alpha value is -3.74. The Morgan fingerprint density at radius 2 is 1.56 bits per heavy atom. The van der Waals surface area contributed by atoms with Crippen molar-refractivity contribution in [1.29, 1.82) is 0 Å². The molecule has 4 rings (SSSR count). The minimum atomic E-state index is -0.873. The molecule has 3 aromatic rings. The van der Waals surface area contributed by atoms with E-state index in [9.17, 15) is 9.59 Å². The van der Waals surface area contributed by atoms with Gasteiger partial charge < -0.3 is 23.7 Å². The van der Waals surface area contributed by atoms with Gasteiger partial charge in [0.25, 0.3) is 0 Å². The molecule has 1 aliphatic heterocycles. The van der Waals surface area contributed by atoms with Gasteiger partial charge in [0.1, 0.15) is 18.0 Å². The van der Waals surface area contributed by atoms with E-state index in [1.54, 1.807) is 32.9 Å². The highest BCUT2D eigenvalue weighted by molar-refractivity contribution is 6.14. The zero-order chi connectivity index (χ0) is 23.0. The highest BCUT2D eigenvalue weighted by Gasteiger charge is 2.34. The summed E-state index contributed by atoms with van der Waals surface area (Å²) in [6.45, 7) is 5.22. The van der Waals surface area contributed by atoms with Crippen molar-refractivity contribution in [2.45, 2.75) is 33.0 Å². The maximum Gasteiger partial charge on any atom is 0.514 e. The van der Waals surface area contributed by atoms with Crippen LogP contribution >= 0.6 is 0 Å². The van der Waals surface area contributed by atoms with Crippen LogP contribution in [0.25, 0.3) is 21.9 Å². The standard InChI is InChI=1S/C25H24O7/c1-25(2,3)32-24(27)31-22-16-12-19(29-5)18(28-4)11-15(16)20(14-9-7-6-8-10-14)21-17(22)13-30-23(21)26/h6-12H,13H2,1-5H3. The molecule has 0 aromatic heterocycles. The van der Waals surface area contributed by atoms with Crippen molar-refractivity contribution in [2.75, 3.05) is 14.2 Å². The van der Waals surface area contributed by atoms with E-state index in [-0.39, 0.29) is 12.4 Å². The summed E-state index contributed by atoms with van der Waals surface area (Å²) in [5, 5.41) is 1.23. The largest absolute Gasteiger partial charge is 0.514 e. The third-order valence-corrected chi connectivity index (χ3v) is 5.05. The van der Waals surface area contributed by atoms with E-state index in [4.69, 9.17) is 23.7 Å². The van der Waals surface area contributed by atoms with Crippen LogP contribution in [0.3, 0.4) is 0 Å². The number of benzene rings is 3. The molecule has 0 aliphatic carbocycles. The first-order valence-electron chi connectivity index (χ1n) is 10.1. The SMILES string of the molecule is COc1cc2c(OC(=O)OC(C)(C)C)c3c(c(-c4ccccc4)c2cc1OC)C(=O)OC3. The third kappa shape index (κ3) is 3.82. The number of rotatable bonds is 4. The van der Waals surface area contributed by atoms with Gasteiger partial charge in [-0.1, -0.05) is 30.3 Å². The Morgan fingerprint density at radius 3 is 2.16 bits per heavy atom. The zero-order valence-corrected chi connectivity index (χ0v) is 18.6. The molecule has 0 unspecified atom stereocenters. The lowest BCUT2D eigenvalue weighted by Gasteiger charge is -2.21. The molecule has 0 fully saturated rings. The molecule has 0 saturated heterocycles. The molecule has 0 spiro atoms. The summed E-state index contributed by atoms with van der Waals surface area (Å²) in [5.41, 5.74) is 1.60. The van der Waals surface area contributed by atoms with Gasteiger partial charge in [-0.25, -0.2) is 9.59 Å². The quantitative estimate of drug-likeness (QED) is 0.394. The first kappa shape index (κ1) is 21.5. The van der Waals surface area contributed by atoms with Gasteiger partial charge in [0.2, 0.25) is 0 Å². The summed E-state index contributed by atoms with van der Waals surface area (Å²) < 4.78 is 27.3. The van der Waals surface area contributed by atoms with Crippen LogP contribution in [-0.2, 0) is 16.1 Å². The van der Waals surface area contributed by atoms with E-state index in [0.29, 0.717) is 39.0 Å². The normalized spacial score (nSPS) is 12.8. The van der Waals surface area contributed by atoms with Crippen LogP contribution in [0.1, 0.15) is 36.7 Å². The average Bonchev–Trinajstić information content (AvgIpc) is 3.13. The Labute approximate surface area is 185 Å². The van der Waals surface area contributed by atoms with Crippen LogP contribution in [0.5, 0.6) is 17.2 Å². The summed E-state index contributed by atoms with van der Waals surface area (Å²) in [7, 11) is 3.06. The Kier molecular flexibility index (Phi) is 5.42. The van der Waals surface area contributed by atoms with Crippen LogP contribution in [0.15, 0.2) is 42.5 Å². The van der Waals surface area contributed by atoms with Gasteiger partial charge in [-0.3, -0.25) is 0 Å². The first-order chi connectivity index (χ1) is 15.2. The molecule has 32 heavy (non-hydrogen) atoms. The fraction of sp³-hybridized carbons (Fsp3) is 0.280. The molecule has 1 heterocycles. The van der Waals surface area contributed by atoms with Gasteiger partial charge in [0.15, 0.2) is 11.5 Å². The minimum Gasteiger partial charge on any atom is -0.493 e. The lowest BCUT2D eigenvalue weighted by Crippen LogP contribution is -2.26. The predicted molar refractivity (Wildman–Crippen MR) is 118 cm³/mol. The first-order valence-corrected chi connectivity index (χ1v) is 10.1. The molecule has 0 bridgehead atoms. The Morgan fingerprint density at radius 1 is 0.938 bits per heavy atom. The number of methoxy groups -OCH3 is 2. The highest BCUT2D eigenvalue weighted by atomic mass is 16.7. The number of ether oxygens (including phenoxy) is 5. The van der Waals surface area contributed by atoms with Crippen LogP contribution in [-0.4, -0.2) is 31.9 Å². The zero-order valence-electron chi connectivity index (χ0n) is 18.6. The van der Waals surface area contributed by atoms with Crippen LogP contribution in [0.4, 0.5) is 4.79 Å². The van der Waals surface area contributed by atoms with Gasteiger partial charge in [-0.05, 0) is 43.9 Å². The molecule has 7 nitrogen and oxygen atoms in total. The molecule has 0 atom stereocenters. The van der Waals surface area contributed by atoms with Crippen molar-refractivity contribution >= 4 is 22.9 Å². The summed E-state index contributed by atoms with van der Waals surface area (Å²) in [6.07, 6.45) is -0.873. The third-order valence-electron chi connectivity index (χ3n) is 5.05. The molecule has 0 N–H and O–H groups in total. The molecule has 0 amide bonds. The number of carbonyl (C=O) groups excluding carboxylic acids is 2. The number of fused-ring (bicyclic) bond motifs is 2. The fourth-order valence-corrected chi connectivity index (χ4v) is 3.78. The van der Waals surface area contributed by atoms with E-state index >= 15 is 0 Å². The number of hydrogen-bond acceptors (Lipinski definition) is 7. The van der Waals surface area contributed by atoms with E-state index in [1.807, 2.05) is 30.3 Å². The second kappa shape index (κ2) is 8.07. The van der Waals surface area contributed by atoms with Crippen LogP contribution in [0.2, 0.25) is 0 Å². The van der Waals surface area contributed by atoms with Gasteiger partial charge in [0, 0.05) is 16.5 Å². The van der Waals surface area contributed by atoms with Crippen molar-refractivity contribution in [1.82, 2.24) is 0 Å². The number of esters is 1. The number of cyclic esters (lactones) is 1. The fourth-order valence-electron chi connectivity index (χ4n) is 3.78. The summed E-state index contributed by atoms with van der Waals surface area (Å²) in [6, 6.07) is 13.0. The maximum atomic E-state index is 12.8. The smallest absolute Gasteiger partial charge is 0.493 e. The molecular weight excluding hydrogens is 412 g/mol. The summed E-state index contributed by atoms with van der Waals surface area (Å²) in [4.78, 5) is 25.4. The molecule has 0 radical (unpaired) electrons. The van der Waals surface area contributed by atoms with E-state index in [0.717, 1.165) is 5.56 Å². The van der Waals surface area contributed by atoms with Crippen molar-refractivity contribution in [3.05, 3.63) is 53.6 Å². The lowest BCUT2D eigenvalue weighted by molar-refractivity contribution is 0.0206. The van der Waals surface area contributed by atoms with Gasteiger partial charge in [-0.15, -0.1) is 0 Å². The molecular formula is C25H24O7. The maximum absolute atomic E-state index is 12.8. The minimum absolute atomic E-state index is 0.0174. The second-order valence-corrected chi connectivity index (χ2v) is 8.32. The second-order valence-electron chi connectivity index (χ2n) is 8.32. The Bertz CT molecular complexity index is 1210. The van der Waals surface area contributed by atoms with Crippen molar-refractivity contribution < 1.29 is 33.3 Å². The molecule has 0 saturated carbocycles. The molecule has 166 valence electrons. The van der Waals surface area contributed by atoms with E-state index in [1.165, 1.54) is 14.2 Å². The summed E-state index contributed by atoms with van der Waals surface area (Å²) >= 11 is 0. The molecule has 7 heteroatoms. The van der Waals surface area contributed by atoms with E-state index in [2.05, 4.69) is 0 Å². The number of carbonyl (C=O) groups is 2. The Balaban J connectivity index is 2.06. The van der Waals surface area contributed by atoms with Crippen molar-refractivity contribution in [3.63, 3.8) is 0 Å².